The van der Waals surface area contributed by atoms with E-state index in [1.165, 1.54) is 17.7 Å². The number of nitrogens with zero attached hydrogens (tertiary/aromatic N) is 5. The van der Waals surface area contributed by atoms with Crippen molar-refractivity contribution in [3.05, 3.63) is 36.6 Å². The lowest BCUT2D eigenvalue weighted by molar-refractivity contribution is 0.977. The molecule has 3 rings (SSSR count). The Kier molecular flexibility index (Phi) is 2.61. The Morgan fingerprint density at radius 2 is 2.17 bits per heavy atom. The van der Waals surface area contributed by atoms with E-state index in [4.69, 9.17) is 5.73 Å². The number of hydrogen-bond acceptors (Lipinski definition) is 7. The van der Waals surface area contributed by atoms with Crippen LogP contribution in [0.25, 0.3) is 5.82 Å². The van der Waals surface area contributed by atoms with Gasteiger partial charge in [-0.1, -0.05) is 0 Å². The number of rotatable bonds is 3. The molecule has 0 aromatic carbocycles. The van der Waals surface area contributed by atoms with Crippen LogP contribution in [0.4, 0.5) is 16.6 Å². The Morgan fingerprint density at radius 1 is 1.22 bits per heavy atom. The van der Waals surface area contributed by atoms with Crippen LogP contribution in [0.1, 0.15) is 0 Å². The first-order chi connectivity index (χ1) is 8.84. The van der Waals surface area contributed by atoms with Gasteiger partial charge >= 0.3 is 0 Å². The van der Waals surface area contributed by atoms with E-state index in [2.05, 4.69) is 25.3 Å². The molecular formula is C10H9N7S. The van der Waals surface area contributed by atoms with Crippen LogP contribution in [0.2, 0.25) is 0 Å². The third kappa shape index (κ3) is 1.89. The van der Waals surface area contributed by atoms with E-state index in [0.717, 1.165) is 5.13 Å². The quantitative estimate of drug-likeness (QED) is 0.739. The highest BCUT2D eigenvalue weighted by atomic mass is 32.1. The van der Waals surface area contributed by atoms with Crippen molar-refractivity contribution < 1.29 is 0 Å². The van der Waals surface area contributed by atoms with Gasteiger partial charge in [-0.15, -0.1) is 11.3 Å². The summed E-state index contributed by atoms with van der Waals surface area (Å²) in [6, 6.07) is 0. The summed E-state index contributed by atoms with van der Waals surface area (Å²) in [6.07, 6.45) is 8.22. The SMILES string of the molecule is Nc1c(Nc2nccs2)ncnc1-n1ccnc1. The van der Waals surface area contributed by atoms with E-state index < -0.39 is 0 Å². The number of thiazole rings is 1. The van der Waals surface area contributed by atoms with Crippen molar-refractivity contribution in [3.8, 4) is 5.82 Å². The van der Waals surface area contributed by atoms with Gasteiger partial charge in [-0.25, -0.2) is 19.9 Å². The third-order valence-electron chi connectivity index (χ3n) is 2.27. The lowest BCUT2D eigenvalue weighted by atomic mass is 10.4. The van der Waals surface area contributed by atoms with Gasteiger partial charge in [0.25, 0.3) is 0 Å². The zero-order valence-corrected chi connectivity index (χ0v) is 10.0. The second-order valence-electron chi connectivity index (χ2n) is 3.39. The molecule has 0 aliphatic heterocycles. The van der Waals surface area contributed by atoms with Crippen molar-refractivity contribution in [2.45, 2.75) is 0 Å². The molecule has 0 unspecified atom stereocenters. The normalized spacial score (nSPS) is 10.4. The van der Waals surface area contributed by atoms with E-state index in [9.17, 15) is 0 Å². The Hall–Kier alpha value is -2.48. The molecule has 0 bridgehead atoms. The Balaban J connectivity index is 1.99. The fourth-order valence-corrected chi connectivity index (χ4v) is 1.99. The predicted molar refractivity (Wildman–Crippen MR) is 69.0 cm³/mol. The first-order valence-corrected chi connectivity index (χ1v) is 5.98. The Labute approximate surface area is 106 Å². The van der Waals surface area contributed by atoms with Crippen LogP contribution in [0.5, 0.6) is 0 Å². The minimum Gasteiger partial charge on any atom is -0.393 e. The van der Waals surface area contributed by atoms with E-state index in [-0.39, 0.29) is 0 Å². The van der Waals surface area contributed by atoms with Gasteiger partial charge in [-0.05, 0) is 0 Å². The largest absolute Gasteiger partial charge is 0.393 e. The molecule has 0 saturated heterocycles. The zero-order chi connectivity index (χ0) is 12.4. The van der Waals surface area contributed by atoms with E-state index in [0.29, 0.717) is 17.3 Å². The highest BCUT2D eigenvalue weighted by molar-refractivity contribution is 7.13. The summed E-state index contributed by atoms with van der Waals surface area (Å²) < 4.78 is 1.73. The van der Waals surface area contributed by atoms with Gasteiger partial charge in [0, 0.05) is 24.0 Å². The lowest BCUT2D eigenvalue weighted by Crippen LogP contribution is -2.06. The first kappa shape index (κ1) is 10.7. The van der Waals surface area contributed by atoms with Gasteiger partial charge in [-0.2, -0.15) is 0 Å². The number of nitrogen functional groups attached to an aromatic ring is 1. The number of aromatic nitrogens is 5. The standard InChI is InChI=1S/C10H9N7S/c11-7-8(16-10-13-2-4-18-10)14-5-15-9(7)17-3-1-12-6-17/h1-6H,11H2,(H,13,14,15,16). The van der Waals surface area contributed by atoms with Crippen molar-refractivity contribution in [1.29, 1.82) is 0 Å². The maximum Gasteiger partial charge on any atom is 0.188 e. The number of nitrogens with two attached hydrogens (primary N) is 1. The highest BCUT2D eigenvalue weighted by Crippen LogP contribution is 2.25. The molecule has 0 saturated carbocycles. The van der Waals surface area contributed by atoms with E-state index in [1.807, 2.05) is 5.38 Å². The summed E-state index contributed by atoms with van der Waals surface area (Å²) in [5.41, 5.74) is 6.48. The van der Waals surface area contributed by atoms with Gasteiger partial charge < -0.3 is 11.1 Å². The molecule has 0 spiro atoms. The smallest absolute Gasteiger partial charge is 0.188 e. The summed E-state index contributed by atoms with van der Waals surface area (Å²) in [6.45, 7) is 0. The predicted octanol–water partition coefficient (Wildman–Crippen LogP) is 1.44. The molecule has 7 nitrogen and oxygen atoms in total. The summed E-state index contributed by atoms with van der Waals surface area (Å²) in [5.74, 6) is 1.12. The fraction of sp³-hybridized carbons (Fsp3) is 0. The molecule has 8 heteroatoms. The fourth-order valence-electron chi connectivity index (χ4n) is 1.46. The van der Waals surface area contributed by atoms with Crippen molar-refractivity contribution in [2.24, 2.45) is 0 Å². The van der Waals surface area contributed by atoms with Crippen LogP contribution < -0.4 is 11.1 Å². The summed E-state index contributed by atoms with van der Waals surface area (Å²) in [5, 5.41) is 5.66. The first-order valence-electron chi connectivity index (χ1n) is 5.10. The minimum absolute atomic E-state index is 0.450. The molecule has 0 aliphatic carbocycles. The topological polar surface area (TPSA) is 94.5 Å². The van der Waals surface area contributed by atoms with Crippen molar-refractivity contribution >= 4 is 28.0 Å². The molecule has 0 radical (unpaired) electrons. The van der Waals surface area contributed by atoms with Crippen LogP contribution >= 0.6 is 11.3 Å². The average Bonchev–Trinajstić information content (AvgIpc) is 3.04. The highest BCUT2D eigenvalue weighted by Gasteiger charge is 2.10. The van der Waals surface area contributed by atoms with Crippen LogP contribution in [0, 0.1) is 0 Å². The molecular weight excluding hydrogens is 250 g/mol. The maximum absolute atomic E-state index is 6.03. The van der Waals surface area contributed by atoms with Crippen molar-refractivity contribution in [3.63, 3.8) is 0 Å². The molecule has 0 atom stereocenters. The summed E-state index contributed by atoms with van der Waals surface area (Å²) in [4.78, 5) is 16.3. The van der Waals surface area contributed by atoms with Gasteiger partial charge in [0.05, 0.1) is 0 Å². The van der Waals surface area contributed by atoms with Crippen molar-refractivity contribution in [1.82, 2.24) is 24.5 Å². The third-order valence-corrected chi connectivity index (χ3v) is 2.96. The number of nitrogens with one attached hydrogen (secondary N) is 1. The molecule has 18 heavy (non-hydrogen) atoms. The van der Waals surface area contributed by atoms with Gasteiger partial charge in [0.15, 0.2) is 16.8 Å². The number of hydrogen-bond donors (Lipinski definition) is 2. The van der Waals surface area contributed by atoms with Crippen molar-refractivity contribution in [2.75, 3.05) is 11.1 Å². The molecule has 3 heterocycles. The molecule has 3 aromatic heterocycles. The van der Waals surface area contributed by atoms with E-state index >= 15 is 0 Å². The second kappa shape index (κ2) is 4.41. The second-order valence-corrected chi connectivity index (χ2v) is 4.29. The minimum atomic E-state index is 0.450. The monoisotopic (exact) mass is 259 g/mol. The van der Waals surface area contributed by atoms with Crippen LogP contribution in [-0.4, -0.2) is 24.5 Å². The molecule has 3 N–H and O–H groups in total. The maximum atomic E-state index is 6.03. The molecule has 0 aliphatic rings. The Morgan fingerprint density at radius 3 is 2.89 bits per heavy atom. The molecule has 0 fully saturated rings. The summed E-state index contributed by atoms with van der Waals surface area (Å²) >= 11 is 1.47. The zero-order valence-electron chi connectivity index (χ0n) is 9.19. The molecule has 0 amide bonds. The molecule has 90 valence electrons. The lowest BCUT2D eigenvalue weighted by Gasteiger charge is -2.09. The number of imidazole rings is 1. The Bertz CT molecular complexity index is 632. The van der Waals surface area contributed by atoms with Gasteiger partial charge in [0.2, 0.25) is 0 Å². The van der Waals surface area contributed by atoms with E-state index in [1.54, 1.807) is 29.5 Å². The van der Waals surface area contributed by atoms with Crippen LogP contribution in [0.15, 0.2) is 36.6 Å². The summed E-state index contributed by atoms with van der Waals surface area (Å²) in [7, 11) is 0. The van der Waals surface area contributed by atoms with Gasteiger partial charge in [-0.3, -0.25) is 4.57 Å². The van der Waals surface area contributed by atoms with Crippen LogP contribution in [0.3, 0.4) is 0 Å². The number of anilines is 3. The average molecular weight is 259 g/mol. The van der Waals surface area contributed by atoms with Gasteiger partial charge in [0.1, 0.15) is 18.3 Å². The molecule has 3 aromatic rings. The van der Waals surface area contributed by atoms with Crippen LogP contribution in [-0.2, 0) is 0 Å².